The molecule has 0 saturated carbocycles. The average Bonchev–Trinajstić information content (AvgIpc) is 2.81. The molecule has 0 aromatic carbocycles. The Labute approximate surface area is 120 Å². The molecule has 0 atom stereocenters. The van der Waals surface area contributed by atoms with E-state index < -0.39 is 0 Å². The standard InChI is InChI=1S/C13H12ClN3O3/c1-8-4-11(16-20-8)13(18)17-6-10(7-17)19-12-3-2-9(14)5-15-12/h2-5,10H,6-7H2,1H3. The van der Waals surface area contributed by atoms with Gasteiger partial charge in [0, 0.05) is 18.3 Å². The summed E-state index contributed by atoms with van der Waals surface area (Å²) in [5, 5.41) is 4.26. The fraction of sp³-hybridized carbons (Fsp3) is 0.308. The largest absolute Gasteiger partial charge is 0.471 e. The minimum Gasteiger partial charge on any atom is -0.471 e. The van der Waals surface area contributed by atoms with Crippen LogP contribution in [0.3, 0.4) is 0 Å². The monoisotopic (exact) mass is 293 g/mol. The second kappa shape index (κ2) is 5.13. The van der Waals surface area contributed by atoms with Crippen molar-refractivity contribution in [1.29, 1.82) is 0 Å². The summed E-state index contributed by atoms with van der Waals surface area (Å²) in [6, 6.07) is 5.04. The van der Waals surface area contributed by atoms with E-state index in [1.54, 1.807) is 30.0 Å². The SMILES string of the molecule is Cc1cc(C(=O)N2CC(Oc3ccc(Cl)cn3)C2)no1. The van der Waals surface area contributed by atoms with Crippen LogP contribution < -0.4 is 4.74 Å². The number of hydrogen-bond donors (Lipinski definition) is 0. The van der Waals surface area contributed by atoms with Crippen molar-refractivity contribution >= 4 is 17.5 Å². The number of nitrogens with zero attached hydrogens (tertiary/aromatic N) is 3. The number of carbonyl (C=O) groups excluding carboxylic acids is 1. The zero-order valence-corrected chi connectivity index (χ0v) is 11.5. The molecule has 7 heteroatoms. The molecule has 0 spiro atoms. The summed E-state index contributed by atoms with van der Waals surface area (Å²) in [7, 11) is 0. The molecule has 1 saturated heterocycles. The number of aryl methyl sites for hydroxylation is 1. The van der Waals surface area contributed by atoms with E-state index in [1.807, 2.05) is 0 Å². The van der Waals surface area contributed by atoms with Crippen LogP contribution in [-0.2, 0) is 0 Å². The summed E-state index contributed by atoms with van der Waals surface area (Å²) in [4.78, 5) is 17.7. The first-order valence-electron chi connectivity index (χ1n) is 6.12. The molecule has 3 heterocycles. The minimum atomic E-state index is -0.147. The van der Waals surface area contributed by atoms with Crippen molar-refractivity contribution in [3.63, 3.8) is 0 Å². The molecule has 0 bridgehead atoms. The molecule has 1 fully saturated rings. The number of rotatable bonds is 3. The lowest BCUT2D eigenvalue weighted by molar-refractivity contribution is 0.0153. The third-order valence-corrected chi connectivity index (χ3v) is 3.19. The van der Waals surface area contributed by atoms with Crippen molar-refractivity contribution in [2.75, 3.05) is 13.1 Å². The molecule has 0 aliphatic carbocycles. The van der Waals surface area contributed by atoms with E-state index in [9.17, 15) is 4.79 Å². The van der Waals surface area contributed by atoms with Crippen LogP contribution in [0.4, 0.5) is 0 Å². The van der Waals surface area contributed by atoms with Crippen molar-refractivity contribution in [2.24, 2.45) is 0 Å². The second-order valence-corrected chi connectivity index (χ2v) is 5.02. The Balaban J connectivity index is 1.53. The Morgan fingerprint density at radius 3 is 2.90 bits per heavy atom. The van der Waals surface area contributed by atoms with Gasteiger partial charge in [0.2, 0.25) is 5.88 Å². The lowest BCUT2D eigenvalue weighted by Crippen LogP contribution is -2.56. The van der Waals surface area contributed by atoms with Gasteiger partial charge in [0.1, 0.15) is 11.9 Å². The number of carbonyl (C=O) groups is 1. The van der Waals surface area contributed by atoms with E-state index in [0.29, 0.717) is 35.4 Å². The van der Waals surface area contributed by atoms with Gasteiger partial charge in [-0.1, -0.05) is 16.8 Å². The Morgan fingerprint density at radius 1 is 1.50 bits per heavy atom. The van der Waals surface area contributed by atoms with E-state index in [-0.39, 0.29) is 12.0 Å². The van der Waals surface area contributed by atoms with Crippen molar-refractivity contribution < 1.29 is 14.1 Å². The highest BCUT2D eigenvalue weighted by Gasteiger charge is 2.34. The highest BCUT2D eigenvalue weighted by atomic mass is 35.5. The Kier molecular flexibility index (Phi) is 3.31. The highest BCUT2D eigenvalue weighted by Crippen LogP contribution is 2.19. The van der Waals surface area contributed by atoms with Crippen LogP contribution in [0.15, 0.2) is 28.9 Å². The fourth-order valence-corrected chi connectivity index (χ4v) is 2.02. The maximum Gasteiger partial charge on any atom is 0.276 e. The molecule has 0 N–H and O–H groups in total. The molecule has 1 aliphatic heterocycles. The third-order valence-electron chi connectivity index (χ3n) is 2.97. The van der Waals surface area contributed by atoms with Crippen LogP contribution in [0.5, 0.6) is 5.88 Å². The summed E-state index contributed by atoms with van der Waals surface area (Å²) in [5.41, 5.74) is 0.325. The van der Waals surface area contributed by atoms with Gasteiger partial charge in [0.25, 0.3) is 5.91 Å². The van der Waals surface area contributed by atoms with Crippen molar-refractivity contribution in [3.05, 3.63) is 40.9 Å². The average molecular weight is 294 g/mol. The number of ether oxygens (including phenoxy) is 1. The van der Waals surface area contributed by atoms with Crippen LogP contribution in [-0.4, -0.2) is 40.1 Å². The van der Waals surface area contributed by atoms with Gasteiger partial charge in [0.05, 0.1) is 18.1 Å². The molecule has 0 unspecified atom stereocenters. The molecule has 0 radical (unpaired) electrons. The molecule has 1 aliphatic rings. The van der Waals surface area contributed by atoms with E-state index in [1.165, 1.54) is 6.20 Å². The zero-order chi connectivity index (χ0) is 14.1. The summed E-state index contributed by atoms with van der Waals surface area (Å²) in [6.45, 7) is 2.77. The molecular weight excluding hydrogens is 282 g/mol. The smallest absolute Gasteiger partial charge is 0.276 e. The van der Waals surface area contributed by atoms with Gasteiger partial charge in [-0.05, 0) is 13.0 Å². The van der Waals surface area contributed by atoms with Gasteiger partial charge in [-0.2, -0.15) is 0 Å². The highest BCUT2D eigenvalue weighted by molar-refractivity contribution is 6.30. The predicted octanol–water partition coefficient (Wildman–Crippen LogP) is 1.93. The topological polar surface area (TPSA) is 68.5 Å². The number of hydrogen-bond acceptors (Lipinski definition) is 5. The van der Waals surface area contributed by atoms with Gasteiger partial charge in [-0.15, -0.1) is 0 Å². The van der Waals surface area contributed by atoms with Crippen LogP contribution in [0.2, 0.25) is 5.02 Å². The Bertz CT molecular complexity index is 620. The maximum atomic E-state index is 12.0. The maximum absolute atomic E-state index is 12.0. The van der Waals surface area contributed by atoms with Crippen molar-refractivity contribution in [3.8, 4) is 5.88 Å². The number of amides is 1. The third kappa shape index (κ3) is 2.60. The number of pyridine rings is 1. The molecule has 6 nitrogen and oxygen atoms in total. The molecule has 1 amide bonds. The molecule has 2 aromatic rings. The lowest BCUT2D eigenvalue weighted by atomic mass is 10.1. The first kappa shape index (κ1) is 12.9. The van der Waals surface area contributed by atoms with E-state index in [0.717, 1.165) is 0 Å². The first-order chi connectivity index (χ1) is 9.61. The van der Waals surface area contributed by atoms with E-state index >= 15 is 0 Å². The lowest BCUT2D eigenvalue weighted by Gasteiger charge is -2.38. The molecule has 2 aromatic heterocycles. The van der Waals surface area contributed by atoms with E-state index in [4.69, 9.17) is 20.9 Å². The van der Waals surface area contributed by atoms with Crippen LogP contribution in [0.1, 0.15) is 16.2 Å². The Morgan fingerprint density at radius 2 is 2.30 bits per heavy atom. The number of aromatic nitrogens is 2. The molecule has 3 rings (SSSR count). The zero-order valence-electron chi connectivity index (χ0n) is 10.7. The second-order valence-electron chi connectivity index (χ2n) is 4.59. The van der Waals surface area contributed by atoms with Crippen LogP contribution in [0, 0.1) is 6.92 Å². The van der Waals surface area contributed by atoms with Gasteiger partial charge >= 0.3 is 0 Å². The first-order valence-corrected chi connectivity index (χ1v) is 6.50. The summed E-state index contributed by atoms with van der Waals surface area (Å²) in [5.74, 6) is 0.974. The van der Waals surface area contributed by atoms with Crippen molar-refractivity contribution in [2.45, 2.75) is 13.0 Å². The molecular formula is C13H12ClN3O3. The van der Waals surface area contributed by atoms with Gasteiger partial charge in [0.15, 0.2) is 5.69 Å². The fourth-order valence-electron chi connectivity index (χ4n) is 1.91. The predicted molar refractivity (Wildman–Crippen MR) is 70.8 cm³/mol. The number of likely N-dealkylation sites (tertiary alicyclic amines) is 1. The summed E-state index contributed by atoms with van der Waals surface area (Å²) >= 11 is 5.74. The molecule has 20 heavy (non-hydrogen) atoms. The van der Waals surface area contributed by atoms with Crippen LogP contribution >= 0.6 is 11.6 Å². The van der Waals surface area contributed by atoms with Gasteiger partial charge in [-0.25, -0.2) is 4.98 Å². The Hall–Kier alpha value is -2.08. The normalized spacial score (nSPS) is 15.0. The number of halogens is 1. The van der Waals surface area contributed by atoms with Crippen LogP contribution in [0.25, 0.3) is 0 Å². The van der Waals surface area contributed by atoms with E-state index in [2.05, 4.69) is 10.1 Å². The van der Waals surface area contributed by atoms with Crippen molar-refractivity contribution in [1.82, 2.24) is 15.0 Å². The summed E-state index contributed by atoms with van der Waals surface area (Å²) in [6.07, 6.45) is 1.47. The van der Waals surface area contributed by atoms with Gasteiger partial charge in [-0.3, -0.25) is 4.79 Å². The molecule has 104 valence electrons. The summed E-state index contributed by atoms with van der Waals surface area (Å²) < 4.78 is 10.5. The minimum absolute atomic E-state index is 0.0550. The quantitative estimate of drug-likeness (QED) is 0.865. The van der Waals surface area contributed by atoms with Gasteiger partial charge < -0.3 is 14.2 Å².